The SMILES string of the molecule is CCC1CCN(c2ccc(Cl)nn2)C(CN)C1. The molecular weight excluding hydrogens is 236 g/mol. The molecule has 0 bridgehead atoms. The van der Waals surface area contributed by atoms with Gasteiger partial charge >= 0.3 is 0 Å². The highest BCUT2D eigenvalue weighted by atomic mass is 35.5. The summed E-state index contributed by atoms with van der Waals surface area (Å²) in [5, 5.41) is 8.47. The Bertz CT molecular complexity index is 354. The minimum atomic E-state index is 0.379. The van der Waals surface area contributed by atoms with Crippen LogP contribution >= 0.6 is 11.6 Å². The Balaban J connectivity index is 2.12. The van der Waals surface area contributed by atoms with Crippen molar-refractivity contribution in [1.82, 2.24) is 10.2 Å². The van der Waals surface area contributed by atoms with E-state index in [0.29, 0.717) is 17.7 Å². The highest BCUT2D eigenvalue weighted by Crippen LogP contribution is 2.28. The number of halogens is 1. The van der Waals surface area contributed by atoms with Crippen molar-refractivity contribution in [1.29, 1.82) is 0 Å². The number of piperidine rings is 1. The average molecular weight is 255 g/mol. The first kappa shape index (κ1) is 12.6. The van der Waals surface area contributed by atoms with Crippen molar-refractivity contribution >= 4 is 17.4 Å². The molecule has 2 atom stereocenters. The van der Waals surface area contributed by atoms with Crippen molar-refractivity contribution in [2.24, 2.45) is 11.7 Å². The van der Waals surface area contributed by atoms with E-state index < -0.39 is 0 Å². The van der Waals surface area contributed by atoms with Crippen LogP contribution in [0.2, 0.25) is 5.15 Å². The Kier molecular flexibility index (Phi) is 4.18. The zero-order valence-corrected chi connectivity index (χ0v) is 10.9. The van der Waals surface area contributed by atoms with Crippen molar-refractivity contribution in [3.63, 3.8) is 0 Å². The molecule has 17 heavy (non-hydrogen) atoms. The van der Waals surface area contributed by atoms with Crippen molar-refractivity contribution in [3.05, 3.63) is 17.3 Å². The van der Waals surface area contributed by atoms with Gasteiger partial charge in [0.15, 0.2) is 11.0 Å². The molecule has 94 valence electrons. The number of hydrogen-bond donors (Lipinski definition) is 1. The first-order valence-corrected chi connectivity index (χ1v) is 6.58. The molecule has 1 aliphatic rings. The highest BCUT2D eigenvalue weighted by molar-refractivity contribution is 6.29. The molecule has 0 spiro atoms. The average Bonchev–Trinajstić information content (AvgIpc) is 2.39. The molecule has 1 saturated heterocycles. The summed E-state index contributed by atoms with van der Waals surface area (Å²) in [6, 6.07) is 4.08. The van der Waals surface area contributed by atoms with E-state index in [1.54, 1.807) is 6.07 Å². The standard InChI is InChI=1S/C12H19ClN4/c1-2-9-5-6-17(10(7-9)8-14)12-4-3-11(13)15-16-12/h3-4,9-10H,2,5-8,14H2,1H3. The van der Waals surface area contributed by atoms with E-state index in [4.69, 9.17) is 17.3 Å². The topological polar surface area (TPSA) is 55.0 Å². The smallest absolute Gasteiger partial charge is 0.151 e. The van der Waals surface area contributed by atoms with Crippen LogP contribution in [-0.2, 0) is 0 Å². The van der Waals surface area contributed by atoms with Gasteiger partial charge in [-0.05, 0) is 30.9 Å². The Hall–Kier alpha value is -0.870. The lowest BCUT2D eigenvalue weighted by Gasteiger charge is -2.39. The van der Waals surface area contributed by atoms with Gasteiger partial charge in [-0.2, -0.15) is 0 Å². The zero-order valence-electron chi connectivity index (χ0n) is 10.1. The molecule has 5 heteroatoms. The van der Waals surface area contributed by atoms with E-state index in [9.17, 15) is 0 Å². The molecule has 4 nitrogen and oxygen atoms in total. The van der Waals surface area contributed by atoms with Crippen LogP contribution in [0.25, 0.3) is 0 Å². The minimum absolute atomic E-state index is 0.379. The summed E-state index contributed by atoms with van der Waals surface area (Å²) in [6.07, 6.45) is 3.59. The molecule has 0 amide bonds. The highest BCUT2D eigenvalue weighted by Gasteiger charge is 2.27. The third-order valence-corrected chi connectivity index (χ3v) is 3.79. The van der Waals surface area contributed by atoms with E-state index in [2.05, 4.69) is 22.0 Å². The van der Waals surface area contributed by atoms with Gasteiger partial charge in [-0.3, -0.25) is 0 Å². The fraction of sp³-hybridized carbons (Fsp3) is 0.667. The second kappa shape index (κ2) is 5.65. The molecule has 1 aromatic heterocycles. The molecule has 1 fully saturated rings. The van der Waals surface area contributed by atoms with Crippen molar-refractivity contribution in [3.8, 4) is 0 Å². The monoisotopic (exact) mass is 254 g/mol. The predicted octanol–water partition coefficient (Wildman–Crippen LogP) is 2.08. The summed E-state index contributed by atoms with van der Waals surface area (Å²) < 4.78 is 0. The summed E-state index contributed by atoms with van der Waals surface area (Å²) >= 11 is 5.75. The van der Waals surface area contributed by atoms with Crippen molar-refractivity contribution < 1.29 is 0 Å². The van der Waals surface area contributed by atoms with Crippen LogP contribution in [0.5, 0.6) is 0 Å². The molecular formula is C12H19ClN4. The first-order chi connectivity index (χ1) is 8.24. The van der Waals surface area contributed by atoms with Crippen LogP contribution in [0.4, 0.5) is 5.82 Å². The molecule has 2 heterocycles. The lowest BCUT2D eigenvalue weighted by Crippen LogP contribution is -2.47. The van der Waals surface area contributed by atoms with Gasteiger partial charge in [0.1, 0.15) is 0 Å². The Morgan fingerprint density at radius 2 is 2.29 bits per heavy atom. The normalized spacial score (nSPS) is 25.0. The van der Waals surface area contributed by atoms with Gasteiger partial charge in [-0.15, -0.1) is 10.2 Å². The lowest BCUT2D eigenvalue weighted by molar-refractivity contribution is 0.334. The number of nitrogens with two attached hydrogens (primary N) is 1. The van der Waals surface area contributed by atoms with Crippen LogP contribution in [-0.4, -0.2) is 29.3 Å². The third kappa shape index (κ3) is 2.87. The van der Waals surface area contributed by atoms with E-state index in [0.717, 1.165) is 24.7 Å². The number of anilines is 1. The van der Waals surface area contributed by atoms with Crippen LogP contribution in [0.1, 0.15) is 26.2 Å². The molecule has 1 aromatic rings. The van der Waals surface area contributed by atoms with Crippen molar-refractivity contribution in [2.75, 3.05) is 18.0 Å². The first-order valence-electron chi connectivity index (χ1n) is 6.20. The van der Waals surface area contributed by atoms with Crippen molar-refractivity contribution in [2.45, 2.75) is 32.2 Å². The Labute approximate surface area is 107 Å². The lowest BCUT2D eigenvalue weighted by atomic mass is 9.89. The van der Waals surface area contributed by atoms with Gasteiger partial charge in [0, 0.05) is 19.1 Å². The molecule has 0 aliphatic carbocycles. The molecule has 2 N–H and O–H groups in total. The van der Waals surface area contributed by atoms with Crippen LogP contribution < -0.4 is 10.6 Å². The second-order valence-electron chi connectivity index (χ2n) is 4.60. The van der Waals surface area contributed by atoms with Crippen LogP contribution in [0, 0.1) is 5.92 Å². The maximum atomic E-state index is 5.86. The maximum Gasteiger partial charge on any atom is 0.151 e. The number of nitrogens with zero attached hydrogens (tertiary/aromatic N) is 3. The van der Waals surface area contributed by atoms with Gasteiger partial charge in [-0.25, -0.2) is 0 Å². The molecule has 0 aromatic carbocycles. The van der Waals surface area contributed by atoms with Gasteiger partial charge < -0.3 is 10.6 Å². The van der Waals surface area contributed by atoms with Gasteiger partial charge in [0.25, 0.3) is 0 Å². The summed E-state index contributed by atoms with van der Waals surface area (Å²) in [5.41, 5.74) is 5.86. The molecule has 1 aliphatic heterocycles. The molecule has 2 unspecified atom stereocenters. The number of rotatable bonds is 3. The third-order valence-electron chi connectivity index (χ3n) is 3.59. The number of aromatic nitrogens is 2. The summed E-state index contributed by atoms with van der Waals surface area (Å²) in [4.78, 5) is 2.26. The predicted molar refractivity (Wildman–Crippen MR) is 70.2 cm³/mol. The number of hydrogen-bond acceptors (Lipinski definition) is 4. The Morgan fingerprint density at radius 3 is 2.88 bits per heavy atom. The van der Waals surface area contributed by atoms with E-state index in [-0.39, 0.29) is 0 Å². The maximum absolute atomic E-state index is 5.86. The minimum Gasteiger partial charge on any atom is -0.351 e. The van der Waals surface area contributed by atoms with E-state index >= 15 is 0 Å². The molecule has 2 rings (SSSR count). The summed E-state index contributed by atoms with van der Waals surface area (Å²) in [6.45, 7) is 3.92. The quantitative estimate of drug-likeness (QED) is 0.897. The molecule has 0 radical (unpaired) electrons. The fourth-order valence-electron chi connectivity index (χ4n) is 2.49. The van der Waals surface area contributed by atoms with Crippen LogP contribution in [0.15, 0.2) is 12.1 Å². The van der Waals surface area contributed by atoms with E-state index in [1.807, 2.05) is 6.07 Å². The second-order valence-corrected chi connectivity index (χ2v) is 4.98. The molecule has 0 saturated carbocycles. The van der Waals surface area contributed by atoms with Gasteiger partial charge in [0.2, 0.25) is 0 Å². The summed E-state index contributed by atoms with van der Waals surface area (Å²) in [7, 11) is 0. The van der Waals surface area contributed by atoms with Gasteiger partial charge in [0.05, 0.1) is 0 Å². The fourth-order valence-corrected chi connectivity index (χ4v) is 2.59. The van der Waals surface area contributed by atoms with E-state index in [1.165, 1.54) is 12.8 Å². The zero-order chi connectivity index (χ0) is 12.3. The van der Waals surface area contributed by atoms with Crippen LogP contribution in [0.3, 0.4) is 0 Å². The Morgan fingerprint density at radius 1 is 1.47 bits per heavy atom. The summed E-state index contributed by atoms with van der Waals surface area (Å²) in [5.74, 6) is 1.68. The van der Waals surface area contributed by atoms with Gasteiger partial charge in [-0.1, -0.05) is 24.9 Å². The largest absolute Gasteiger partial charge is 0.351 e.